The second-order valence-electron chi connectivity index (χ2n) is 4.57. The van der Waals surface area contributed by atoms with E-state index in [4.69, 9.17) is 5.11 Å². The Kier molecular flexibility index (Phi) is 5.08. The number of carboxylic acid groups (broad SMARTS) is 1. The lowest BCUT2D eigenvalue weighted by Crippen LogP contribution is -2.37. The van der Waals surface area contributed by atoms with Crippen molar-refractivity contribution in [2.45, 2.75) is 24.6 Å². The highest BCUT2D eigenvalue weighted by molar-refractivity contribution is 7.98. The minimum absolute atomic E-state index is 0.248. The van der Waals surface area contributed by atoms with Gasteiger partial charge in [0, 0.05) is 18.1 Å². The molecule has 0 aromatic heterocycles. The van der Waals surface area contributed by atoms with Crippen molar-refractivity contribution >= 4 is 17.7 Å². The number of hydrogen-bond acceptors (Lipinski definition) is 3. The standard InChI is InChI=1S/C14H19NO2S/c16-14(17)13-7-4-8-15(13)9-10-18-11-12-5-2-1-3-6-12/h1-3,5-6,13H,4,7-11H2,(H,16,17)/t13-/m1/s1. The molecule has 98 valence electrons. The van der Waals surface area contributed by atoms with E-state index in [9.17, 15) is 4.79 Å². The number of aliphatic carboxylic acids is 1. The van der Waals surface area contributed by atoms with Crippen LogP contribution in [0.25, 0.3) is 0 Å². The van der Waals surface area contributed by atoms with Crippen LogP contribution in [0.4, 0.5) is 0 Å². The zero-order valence-corrected chi connectivity index (χ0v) is 11.2. The Bertz CT molecular complexity index is 383. The van der Waals surface area contributed by atoms with Gasteiger partial charge in [-0.3, -0.25) is 9.69 Å². The van der Waals surface area contributed by atoms with Crippen molar-refractivity contribution < 1.29 is 9.90 Å². The Morgan fingerprint density at radius 1 is 1.39 bits per heavy atom. The fourth-order valence-corrected chi connectivity index (χ4v) is 3.26. The monoisotopic (exact) mass is 265 g/mol. The van der Waals surface area contributed by atoms with Crippen LogP contribution >= 0.6 is 11.8 Å². The van der Waals surface area contributed by atoms with Gasteiger partial charge >= 0.3 is 5.97 Å². The van der Waals surface area contributed by atoms with Crippen LogP contribution in [0, 0.1) is 0 Å². The van der Waals surface area contributed by atoms with Crippen molar-refractivity contribution in [1.82, 2.24) is 4.90 Å². The molecule has 1 N–H and O–H groups in total. The molecule has 0 saturated carbocycles. The molecule has 0 radical (unpaired) electrons. The molecule has 1 aromatic rings. The second-order valence-corrected chi connectivity index (χ2v) is 5.68. The van der Waals surface area contributed by atoms with E-state index in [0.29, 0.717) is 0 Å². The molecule has 2 rings (SSSR count). The van der Waals surface area contributed by atoms with Crippen molar-refractivity contribution in [2.75, 3.05) is 18.8 Å². The average molecular weight is 265 g/mol. The first-order chi connectivity index (χ1) is 8.77. The van der Waals surface area contributed by atoms with Gasteiger partial charge in [-0.15, -0.1) is 0 Å². The lowest BCUT2D eigenvalue weighted by molar-refractivity contribution is -0.142. The van der Waals surface area contributed by atoms with Crippen LogP contribution in [0.15, 0.2) is 30.3 Å². The second kappa shape index (κ2) is 6.81. The summed E-state index contributed by atoms with van der Waals surface area (Å²) >= 11 is 1.87. The third kappa shape index (κ3) is 3.75. The van der Waals surface area contributed by atoms with Crippen molar-refractivity contribution in [1.29, 1.82) is 0 Å². The Hall–Kier alpha value is -1.00. The number of hydrogen-bond donors (Lipinski definition) is 1. The molecular formula is C14H19NO2S. The van der Waals surface area contributed by atoms with Gasteiger partial charge in [-0.2, -0.15) is 11.8 Å². The minimum atomic E-state index is -0.666. The lowest BCUT2D eigenvalue weighted by Gasteiger charge is -2.20. The Labute approximate surface area is 112 Å². The quantitative estimate of drug-likeness (QED) is 0.802. The average Bonchev–Trinajstić information content (AvgIpc) is 2.84. The van der Waals surface area contributed by atoms with Gasteiger partial charge in [0.25, 0.3) is 0 Å². The van der Waals surface area contributed by atoms with Gasteiger partial charge in [0.15, 0.2) is 0 Å². The number of carbonyl (C=O) groups is 1. The number of benzene rings is 1. The van der Waals surface area contributed by atoms with Crippen molar-refractivity contribution in [3.63, 3.8) is 0 Å². The van der Waals surface area contributed by atoms with E-state index in [0.717, 1.165) is 37.4 Å². The summed E-state index contributed by atoms with van der Waals surface area (Å²) in [6.45, 7) is 1.82. The maximum Gasteiger partial charge on any atom is 0.320 e. The summed E-state index contributed by atoms with van der Waals surface area (Å²) in [5.74, 6) is 1.34. The molecule has 1 fully saturated rings. The molecule has 0 unspecified atom stereocenters. The van der Waals surface area contributed by atoms with Gasteiger partial charge in [-0.1, -0.05) is 30.3 Å². The predicted molar refractivity (Wildman–Crippen MR) is 74.8 cm³/mol. The molecular weight excluding hydrogens is 246 g/mol. The van der Waals surface area contributed by atoms with Gasteiger partial charge in [-0.25, -0.2) is 0 Å². The van der Waals surface area contributed by atoms with Gasteiger partial charge in [-0.05, 0) is 24.9 Å². The summed E-state index contributed by atoms with van der Waals surface area (Å²) in [6, 6.07) is 10.1. The summed E-state index contributed by atoms with van der Waals surface area (Å²) in [5, 5.41) is 9.07. The van der Waals surface area contributed by atoms with E-state index in [2.05, 4.69) is 29.2 Å². The molecule has 3 nitrogen and oxygen atoms in total. The normalized spacial score (nSPS) is 20.1. The fraction of sp³-hybridized carbons (Fsp3) is 0.500. The van der Waals surface area contributed by atoms with E-state index in [-0.39, 0.29) is 6.04 Å². The van der Waals surface area contributed by atoms with Crippen LogP contribution < -0.4 is 0 Å². The highest BCUT2D eigenvalue weighted by atomic mass is 32.2. The molecule has 4 heteroatoms. The molecule has 1 aromatic carbocycles. The number of likely N-dealkylation sites (tertiary alicyclic amines) is 1. The predicted octanol–water partition coefficient (Wildman–Crippen LogP) is 2.47. The molecule has 0 bridgehead atoms. The SMILES string of the molecule is O=C(O)[C@H]1CCCN1CCSCc1ccccc1. The van der Waals surface area contributed by atoms with Crippen LogP contribution in [0.5, 0.6) is 0 Å². The van der Waals surface area contributed by atoms with E-state index in [1.807, 2.05) is 17.8 Å². The third-order valence-electron chi connectivity index (χ3n) is 3.28. The van der Waals surface area contributed by atoms with Crippen LogP contribution in [-0.2, 0) is 10.5 Å². The number of rotatable bonds is 6. The summed E-state index contributed by atoms with van der Waals surface area (Å²) in [7, 11) is 0. The first kappa shape index (κ1) is 13.4. The maximum absolute atomic E-state index is 11.0. The van der Waals surface area contributed by atoms with E-state index >= 15 is 0 Å². The molecule has 1 atom stereocenters. The third-order valence-corrected chi connectivity index (χ3v) is 4.29. The molecule has 1 heterocycles. The highest BCUT2D eigenvalue weighted by Gasteiger charge is 2.29. The largest absolute Gasteiger partial charge is 0.480 e. The van der Waals surface area contributed by atoms with Crippen LogP contribution in [0.3, 0.4) is 0 Å². The number of carboxylic acids is 1. The van der Waals surface area contributed by atoms with Gasteiger partial charge in [0.05, 0.1) is 0 Å². The molecule has 18 heavy (non-hydrogen) atoms. The van der Waals surface area contributed by atoms with Crippen LogP contribution in [0.1, 0.15) is 18.4 Å². The van der Waals surface area contributed by atoms with E-state index < -0.39 is 5.97 Å². The molecule has 0 aliphatic carbocycles. The molecule has 0 amide bonds. The molecule has 1 aliphatic rings. The Morgan fingerprint density at radius 2 is 2.17 bits per heavy atom. The highest BCUT2D eigenvalue weighted by Crippen LogP contribution is 2.19. The van der Waals surface area contributed by atoms with Crippen LogP contribution in [0.2, 0.25) is 0 Å². The van der Waals surface area contributed by atoms with Gasteiger partial charge in [0.2, 0.25) is 0 Å². The lowest BCUT2D eigenvalue weighted by atomic mass is 10.2. The van der Waals surface area contributed by atoms with Crippen molar-refractivity contribution in [3.8, 4) is 0 Å². The van der Waals surface area contributed by atoms with Crippen molar-refractivity contribution in [2.24, 2.45) is 0 Å². The number of nitrogens with zero attached hydrogens (tertiary/aromatic N) is 1. The zero-order chi connectivity index (χ0) is 12.8. The first-order valence-corrected chi connectivity index (χ1v) is 7.51. The minimum Gasteiger partial charge on any atom is -0.480 e. The summed E-state index contributed by atoms with van der Waals surface area (Å²) in [5.41, 5.74) is 1.33. The molecule has 1 saturated heterocycles. The Balaban J connectivity index is 1.68. The van der Waals surface area contributed by atoms with Gasteiger partial charge < -0.3 is 5.11 Å². The van der Waals surface area contributed by atoms with E-state index in [1.165, 1.54) is 5.56 Å². The molecule has 1 aliphatic heterocycles. The first-order valence-electron chi connectivity index (χ1n) is 6.36. The van der Waals surface area contributed by atoms with E-state index in [1.54, 1.807) is 0 Å². The number of thioether (sulfide) groups is 1. The van der Waals surface area contributed by atoms with Crippen LogP contribution in [-0.4, -0.2) is 40.9 Å². The smallest absolute Gasteiger partial charge is 0.320 e. The topological polar surface area (TPSA) is 40.5 Å². The zero-order valence-electron chi connectivity index (χ0n) is 10.4. The van der Waals surface area contributed by atoms with Crippen molar-refractivity contribution in [3.05, 3.63) is 35.9 Å². The molecule has 0 spiro atoms. The summed E-state index contributed by atoms with van der Waals surface area (Å²) in [4.78, 5) is 13.1. The van der Waals surface area contributed by atoms with Gasteiger partial charge in [0.1, 0.15) is 6.04 Å². The summed E-state index contributed by atoms with van der Waals surface area (Å²) < 4.78 is 0. The maximum atomic E-state index is 11.0. The Morgan fingerprint density at radius 3 is 2.89 bits per heavy atom. The fourth-order valence-electron chi connectivity index (χ4n) is 2.32. The summed E-state index contributed by atoms with van der Waals surface area (Å²) in [6.07, 6.45) is 1.82.